The molecule has 1 unspecified atom stereocenters. The Morgan fingerprint density at radius 2 is 2.29 bits per heavy atom. The quantitative estimate of drug-likeness (QED) is 0.627. The van der Waals surface area contributed by atoms with Crippen molar-refractivity contribution < 1.29 is 28.8 Å². The van der Waals surface area contributed by atoms with Gasteiger partial charge in [0.1, 0.15) is 6.33 Å². The fraction of sp³-hybridized carbons (Fsp3) is 0.364. The van der Waals surface area contributed by atoms with E-state index in [0.717, 1.165) is 0 Å². The van der Waals surface area contributed by atoms with Crippen molar-refractivity contribution in [3.8, 4) is 5.88 Å². The molecule has 3 heterocycles. The Balaban J connectivity index is 1.98. The molecule has 0 aromatic carbocycles. The van der Waals surface area contributed by atoms with Crippen LogP contribution in [-0.2, 0) is 13.8 Å². The molecule has 0 saturated carbocycles. The summed E-state index contributed by atoms with van der Waals surface area (Å²) >= 11 is 5.26. The van der Waals surface area contributed by atoms with Gasteiger partial charge in [0.15, 0.2) is 29.1 Å². The highest BCUT2D eigenvalue weighted by Crippen LogP contribution is 2.34. The van der Waals surface area contributed by atoms with Crippen LogP contribution in [0.4, 0.5) is 5.95 Å². The van der Waals surface area contributed by atoms with E-state index < -0.39 is 25.3 Å². The van der Waals surface area contributed by atoms with Gasteiger partial charge in [-0.3, -0.25) is 4.57 Å². The summed E-state index contributed by atoms with van der Waals surface area (Å²) in [7, 11) is -1.33. The van der Waals surface area contributed by atoms with Crippen LogP contribution in [0.5, 0.6) is 5.88 Å². The summed E-state index contributed by atoms with van der Waals surface area (Å²) in [5.41, 5.74) is 6.12. The Morgan fingerprint density at radius 1 is 1.54 bits per heavy atom. The molecule has 2 aromatic heterocycles. The van der Waals surface area contributed by atoms with Gasteiger partial charge in [0.2, 0.25) is 17.7 Å². The van der Waals surface area contributed by atoms with Crippen molar-refractivity contribution in [3.05, 3.63) is 12.1 Å². The SMILES string of the molecule is COc1nc(N)nc2c1ncn2C1=C(O)[C@H](O)[C@@H](CO[PH](=O)Cl)O1. The number of fused-ring (bicyclic) bond motifs is 1. The number of hydrogen-bond donors (Lipinski definition) is 3. The fourth-order valence-electron chi connectivity index (χ4n) is 2.20. The van der Waals surface area contributed by atoms with Crippen molar-refractivity contribution in [1.29, 1.82) is 0 Å². The molecule has 0 radical (unpaired) electrons. The number of aromatic nitrogens is 4. The lowest BCUT2D eigenvalue weighted by atomic mass is 10.2. The van der Waals surface area contributed by atoms with Crippen LogP contribution < -0.4 is 10.5 Å². The number of aliphatic hydroxyl groups is 2. The van der Waals surface area contributed by atoms with E-state index in [1.165, 1.54) is 18.0 Å². The summed E-state index contributed by atoms with van der Waals surface area (Å²) in [6.07, 6.45) is -1.09. The minimum atomic E-state index is -2.72. The van der Waals surface area contributed by atoms with Gasteiger partial charge in [-0.1, -0.05) is 0 Å². The van der Waals surface area contributed by atoms with Gasteiger partial charge < -0.3 is 29.9 Å². The summed E-state index contributed by atoms with van der Waals surface area (Å²) in [4.78, 5) is 12.0. The minimum absolute atomic E-state index is 0.0691. The molecular formula is C11H13ClN5O6P. The minimum Gasteiger partial charge on any atom is -0.505 e. The molecule has 13 heteroatoms. The van der Waals surface area contributed by atoms with E-state index in [0.29, 0.717) is 0 Å². The zero-order chi connectivity index (χ0) is 17.4. The first-order chi connectivity index (χ1) is 11.4. The summed E-state index contributed by atoms with van der Waals surface area (Å²) in [6.45, 7) is -0.275. The lowest BCUT2D eigenvalue weighted by molar-refractivity contribution is 0.0233. The van der Waals surface area contributed by atoms with Gasteiger partial charge in [-0.2, -0.15) is 9.97 Å². The van der Waals surface area contributed by atoms with Crippen LogP contribution in [0.3, 0.4) is 0 Å². The van der Waals surface area contributed by atoms with E-state index in [1.54, 1.807) is 0 Å². The Bertz CT molecular complexity index is 842. The number of rotatable bonds is 5. The van der Waals surface area contributed by atoms with Crippen molar-refractivity contribution in [1.82, 2.24) is 19.5 Å². The van der Waals surface area contributed by atoms with E-state index in [2.05, 4.69) is 15.0 Å². The molecule has 0 amide bonds. The number of imidazole rings is 1. The molecule has 2 aromatic rings. The largest absolute Gasteiger partial charge is 0.505 e. The number of hydrogen-bond acceptors (Lipinski definition) is 10. The Kier molecular flexibility index (Phi) is 4.50. The van der Waals surface area contributed by atoms with Crippen molar-refractivity contribution in [2.45, 2.75) is 12.2 Å². The predicted molar refractivity (Wildman–Crippen MR) is 83.8 cm³/mol. The Morgan fingerprint density at radius 3 is 2.96 bits per heavy atom. The highest BCUT2D eigenvalue weighted by Gasteiger charge is 2.38. The number of halogens is 1. The van der Waals surface area contributed by atoms with Gasteiger partial charge in [-0.25, -0.2) is 9.55 Å². The van der Waals surface area contributed by atoms with Crippen molar-refractivity contribution in [2.24, 2.45) is 0 Å². The molecule has 3 rings (SSSR count). The van der Waals surface area contributed by atoms with Crippen molar-refractivity contribution in [2.75, 3.05) is 19.5 Å². The standard InChI is InChI=1S/C11H13ClN5O6P/c1-21-9-5-8(15-11(13)16-9)17(3-14-5)10-7(19)6(18)4(23-10)2-22-24(12)20/h3-4,6,18-19,24H,2H2,1H3,(H2,13,15,16)/t4-,6-/m1/s1. The van der Waals surface area contributed by atoms with Crippen molar-refractivity contribution in [3.63, 3.8) is 0 Å². The fourth-order valence-corrected chi connectivity index (χ4v) is 2.69. The highest BCUT2D eigenvalue weighted by atomic mass is 35.7. The van der Waals surface area contributed by atoms with E-state index in [4.69, 9.17) is 31.0 Å². The number of nitrogen functional groups attached to an aromatic ring is 1. The summed E-state index contributed by atoms with van der Waals surface area (Å²) in [6, 6.07) is 0. The number of ether oxygens (including phenoxy) is 2. The summed E-state index contributed by atoms with van der Waals surface area (Å²) < 4.78 is 27.4. The first-order valence-electron chi connectivity index (χ1n) is 6.57. The molecule has 24 heavy (non-hydrogen) atoms. The average Bonchev–Trinajstić information content (AvgIpc) is 3.07. The Hall–Kier alpha value is -2.07. The molecule has 1 aliphatic heterocycles. The van der Waals surface area contributed by atoms with Crippen molar-refractivity contribution >= 4 is 41.6 Å². The zero-order valence-electron chi connectivity index (χ0n) is 12.2. The molecule has 1 aliphatic rings. The second kappa shape index (κ2) is 6.44. The van der Waals surface area contributed by atoms with Crippen LogP contribution in [0.1, 0.15) is 0 Å². The third-order valence-electron chi connectivity index (χ3n) is 3.27. The monoisotopic (exact) mass is 377 g/mol. The van der Waals surface area contributed by atoms with Crippen LogP contribution in [0.25, 0.3) is 17.0 Å². The second-order valence-corrected chi connectivity index (χ2v) is 6.41. The van der Waals surface area contributed by atoms with Crippen LogP contribution in [0.2, 0.25) is 0 Å². The molecule has 11 nitrogen and oxygen atoms in total. The maximum atomic E-state index is 10.8. The van der Waals surface area contributed by atoms with Gasteiger partial charge in [0, 0.05) is 0 Å². The molecule has 4 N–H and O–H groups in total. The third-order valence-corrected chi connectivity index (χ3v) is 3.99. The van der Waals surface area contributed by atoms with E-state index in [1.807, 2.05) is 0 Å². The van der Waals surface area contributed by atoms with Crippen LogP contribution in [-0.4, -0.2) is 55.7 Å². The van der Waals surface area contributed by atoms with Gasteiger partial charge in [-0.05, 0) is 11.2 Å². The van der Waals surface area contributed by atoms with Gasteiger partial charge >= 0.3 is 0 Å². The molecule has 0 bridgehead atoms. The molecule has 0 spiro atoms. The molecule has 0 saturated heterocycles. The first-order valence-corrected chi connectivity index (χ1v) is 8.90. The lowest BCUT2D eigenvalue weighted by Crippen LogP contribution is -2.28. The van der Waals surface area contributed by atoms with Gasteiger partial charge in [0.25, 0.3) is 7.38 Å². The highest BCUT2D eigenvalue weighted by molar-refractivity contribution is 7.69. The van der Waals surface area contributed by atoms with E-state index in [9.17, 15) is 14.8 Å². The van der Waals surface area contributed by atoms with Crippen LogP contribution in [0.15, 0.2) is 12.1 Å². The lowest BCUT2D eigenvalue weighted by Gasteiger charge is -2.14. The Labute approximate surface area is 140 Å². The van der Waals surface area contributed by atoms with Gasteiger partial charge in [-0.15, -0.1) is 0 Å². The number of nitrogens with two attached hydrogens (primary N) is 1. The summed E-state index contributed by atoms with van der Waals surface area (Å²) in [5, 5.41) is 20.1. The topological polar surface area (TPSA) is 155 Å². The van der Waals surface area contributed by atoms with E-state index >= 15 is 0 Å². The van der Waals surface area contributed by atoms with Gasteiger partial charge in [0.05, 0.1) is 13.7 Å². The molecular weight excluding hydrogens is 365 g/mol. The normalized spacial score (nSPS) is 22.0. The maximum Gasteiger partial charge on any atom is 0.278 e. The molecule has 130 valence electrons. The number of aliphatic hydroxyl groups excluding tert-OH is 2. The van der Waals surface area contributed by atoms with Crippen LogP contribution in [0, 0.1) is 0 Å². The summed E-state index contributed by atoms with van der Waals surface area (Å²) in [5.74, 6) is -0.503. The maximum absolute atomic E-state index is 10.8. The average molecular weight is 378 g/mol. The number of anilines is 1. The molecule has 0 fully saturated rings. The molecule has 0 aliphatic carbocycles. The second-order valence-electron chi connectivity index (χ2n) is 4.72. The van der Waals surface area contributed by atoms with E-state index in [-0.39, 0.29) is 35.5 Å². The number of methoxy groups -OCH3 is 1. The number of nitrogens with zero attached hydrogens (tertiary/aromatic N) is 4. The predicted octanol–water partition coefficient (Wildman–Crippen LogP) is 0.506. The smallest absolute Gasteiger partial charge is 0.278 e. The van der Waals surface area contributed by atoms with Crippen LogP contribution >= 0.6 is 18.6 Å². The first kappa shape index (κ1) is 16.8. The third kappa shape index (κ3) is 2.86. The zero-order valence-corrected chi connectivity index (χ0v) is 14.0. The molecule has 3 atom stereocenters.